The van der Waals surface area contributed by atoms with Crippen molar-refractivity contribution in [1.29, 1.82) is 0 Å². The smallest absolute Gasteiger partial charge is 0.409 e. The Hall–Kier alpha value is -2.95. The van der Waals surface area contributed by atoms with Gasteiger partial charge >= 0.3 is 6.09 Å². The largest absolute Gasteiger partial charge is 0.449 e. The first-order valence-electron chi connectivity index (χ1n) is 14.6. The van der Waals surface area contributed by atoms with Crippen LogP contribution in [-0.2, 0) is 4.74 Å². The van der Waals surface area contributed by atoms with E-state index in [0.717, 1.165) is 57.3 Å². The second-order valence-electron chi connectivity index (χ2n) is 11.2. The normalized spacial score (nSPS) is 22.8. The number of aromatic nitrogens is 2. The maximum absolute atomic E-state index is 13.1. The molecule has 2 aromatic carbocycles. The number of ether oxygens (including phenoxy) is 1. The zero-order chi connectivity index (χ0) is 26.9. The van der Waals surface area contributed by atoms with Crippen LogP contribution in [0.5, 0.6) is 0 Å². The molecule has 0 unspecified atom stereocenters. The van der Waals surface area contributed by atoms with E-state index in [0.29, 0.717) is 31.7 Å². The highest BCUT2D eigenvalue weighted by atomic mass is 32.1. The molecule has 7 rings (SSSR count). The standard InChI is InChI=1S/C30H36N6O2S2/c37-30(36-19-17-35(18-20-36)29-24-9-3-6-12-27(24)40-32-29)38-21-22-7-1-4-10-25(22)33-13-15-34(16-14-33)28-23-8-2-5-11-26(23)39-31-28/h2-3,5-6,8-9,11-12,22,25H,1,4,7,10,13-21H2/t22-,25+/m0/s1. The Morgan fingerprint density at radius 1 is 0.750 bits per heavy atom. The molecular weight excluding hydrogens is 541 g/mol. The third kappa shape index (κ3) is 5.12. The SMILES string of the molecule is O=C(OC[C@@H]1CCCC[C@H]1N1CCN(c2nsc3ccccc23)CC1)N1CCN(c2nsc3ccccc23)CC1. The van der Waals surface area contributed by atoms with Crippen molar-refractivity contribution in [3.63, 3.8) is 0 Å². The number of amides is 1. The van der Waals surface area contributed by atoms with Gasteiger partial charge in [0.2, 0.25) is 0 Å². The van der Waals surface area contributed by atoms with Gasteiger partial charge in [0, 0.05) is 75.1 Å². The monoisotopic (exact) mass is 576 g/mol. The van der Waals surface area contributed by atoms with Crippen molar-refractivity contribution in [2.24, 2.45) is 5.92 Å². The lowest BCUT2D eigenvalue weighted by molar-refractivity contribution is 0.0353. The Kier molecular flexibility index (Phi) is 7.47. The molecule has 2 saturated heterocycles. The molecule has 8 nitrogen and oxygen atoms in total. The minimum absolute atomic E-state index is 0.160. The highest BCUT2D eigenvalue weighted by Gasteiger charge is 2.34. The number of carbonyl (C=O) groups is 1. The molecule has 10 heteroatoms. The fraction of sp³-hybridized carbons (Fsp3) is 0.500. The van der Waals surface area contributed by atoms with E-state index in [9.17, 15) is 4.79 Å². The van der Waals surface area contributed by atoms with Crippen LogP contribution in [-0.4, -0.2) is 89.6 Å². The van der Waals surface area contributed by atoms with Gasteiger partial charge in [-0.05, 0) is 60.2 Å². The summed E-state index contributed by atoms with van der Waals surface area (Å²) < 4.78 is 17.9. The zero-order valence-corrected chi connectivity index (χ0v) is 24.4. The van der Waals surface area contributed by atoms with Gasteiger partial charge in [-0.1, -0.05) is 37.1 Å². The average Bonchev–Trinajstić information content (AvgIpc) is 3.65. The van der Waals surface area contributed by atoms with Crippen LogP contribution in [0.15, 0.2) is 48.5 Å². The Labute approximate surface area is 243 Å². The van der Waals surface area contributed by atoms with Crippen molar-refractivity contribution in [2.45, 2.75) is 31.7 Å². The van der Waals surface area contributed by atoms with E-state index in [4.69, 9.17) is 13.5 Å². The molecule has 0 spiro atoms. The Morgan fingerprint density at radius 3 is 1.93 bits per heavy atom. The lowest BCUT2D eigenvalue weighted by atomic mass is 9.83. The van der Waals surface area contributed by atoms with Crippen molar-refractivity contribution in [3.05, 3.63) is 48.5 Å². The van der Waals surface area contributed by atoms with Gasteiger partial charge in [-0.3, -0.25) is 4.90 Å². The molecule has 0 radical (unpaired) electrons. The number of rotatable bonds is 5. The number of anilines is 2. The predicted octanol–water partition coefficient (Wildman–Crippen LogP) is 5.55. The summed E-state index contributed by atoms with van der Waals surface area (Å²) in [4.78, 5) is 22.3. The minimum Gasteiger partial charge on any atom is -0.449 e. The summed E-state index contributed by atoms with van der Waals surface area (Å²) >= 11 is 3.14. The number of carbonyl (C=O) groups excluding carboxylic acids is 1. The molecule has 3 fully saturated rings. The van der Waals surface area contributed by atoms with Gasteiger partial charge in [-0.15, -0.1) is 0 Å². The van der Waals surface area contributed by atoms with Crippen LogP contribution in [0.3, 0.4) is 0 Å². The van der Waals surface area contributed by atoms with E-state index in [1.54, 1.807) is 23.1 Å². The van der Waals surface area contributed by atoms with Gasteiger partial charge in [-0.25, -0.2) is 4.79 Å². The van der Waals surface area contributed by atoms with Crippen molar-refractivity contribution in [1.82, 2.24) is 18.5 Å². The molecule has 2 aromatic heterocycles. The molecule has 1 amide bonds. The lowest BCUT2D eigenvalue weighted by Crippen LogP contribution is -2.54. The Bertz CT molecular complexity index is 1460. The molecule has 2 atom stereocenters. The highest BCUT2D eigenvalue weighted by Crippen LogP contribution is 2.33. The van der Waals surface area contributed by atoms with E-state index in [1.165, 1.54) is 39.4 Å². The summed E-state index contributed by atoms with van der Waals surface area (Å²) in [6.45, 7) is 7.50. The summed E-state index contributed by atoms with van der Waals surface area (Å²) in [5, 5.41) is 2.47. The molecule has 4 aromatic rings. The fourth-order valence-electron chi connectivity index (χ4n) is 6.70. The van der Waals surface area contributed by atoms with E-state index in [-0.39, 0.29) is 6.09 Å². The zero-order valence-electron chi connectivity index (χ0n) is 22.8. The fourth-order valence-corrected chi connectivity index (χ4v) is 8.29. The molecule has 210 valence electrons. The van der Waals surface area contributed by atoms with Crippen LogP contribution >= 0.6 is 23.1 Å². The van der Waals surface area contributed by atoms with Crippen LogP contribution in [0, 0.1) is 5.92 Å². The summed E-state index contributed by atoms with van der Waals surface area (Å²) in [7, 11) is 0. The van der Waals surface area contributed by atoms with Crippen molar-refractivity contribution < 1.29 is 9.53 Å². The van der Waals surface area contributed by atoms with Crippen LogP contribution in [0.4, 0.5) is 16.4 Å². The van der Waals surface area contributed by atoms with Crippen LogP contribution < -0.4 is 9.80 Å². The van der Waals surface area contributed by atoms with Gasteiger partial charge in [-0.2, -0.15) is 8.75 Å². The number of hydrogen-bond acceptors (Lipinski definition) is 9. The van der Waals surface area contributed by atoms with Crippen LogP contribution in [0.2, 0.25) is 0 Å². The quantitative estimate of drug-likeness (QED) is 0.309. The van der Waals surface area contributed by atoms with Gasteiger partial charge in [0.05, 0.1) is 16.0 Å². The Balaban J connectivity index is 0.913. The minimum atomic E-state index is -0.160. The molecule has 1 aliphatic carbocycles. The molecular formula is C30H36N6O2S2. The number of fused-ring (bicyclic) bond motifs is 2. The third-order valence-corrected chi connectivity index (χ3v) is 10.6. The molecule has 1 saturated carbocycles. The highest BCUT2D eigenvalue weighted by molar-refractivity contribution is 7.14. The van der Waals surface area contributed by atoms with Crippen LogP contribution in [0.1, 0.15) is 25.7 Å². The van der Waals surface area contributed by atoms with Crippen molar-refractivity contribution in [2.75, 3.05) is 68.8 Å². The van der Waals surface area contributed by atoms with Gasteiger partial charge in [0.15, 0.2) is 0 Å². The number of nitrogens with zero attached hydrogens (tertiary/aromatic N) is 6. The number of benzene rings is 2. The van der Waals surface area contributed by atoms with Gasteiger partial charge in [0.1, 0.15) is 11.6 Å². The first kappa shape index (κ1) is 26.0. The topological polar surface area (TPSA) is 65.0 Å². The second kappa shape index (κ2) is 11.5. The molecule has 4 heterocycles. The number of hydrogen-bond donors (Lipinski definition) is 0. The summed E-state index contributed by atoms with van der Waals surface area (Å²) in [5.41, 5.74) is 0. The maximum atomic E-state index is 13.1. The molecule has 40 heavy (non-hydrogen) atoms. The second-order valence-corrected chi connectivity index (χ2v) is 12.8. The summed E-state index contributed by atoms with van der Waals surface area (Å²) in [6, 6.07) is 17.4. The predicted molar refractivity (Wildman–Crippen MR) is 164 cm³/mol. The Morgan fingerprint density at radius 2 is 1.30 bits per heavy atom. The maximum Gasteiger partial charge on any atom is 0.409 e. The molecule has 0 N–H and O–H groups in total. The first-order valence-corrected chi connectivity index (χ1v) is 16.1. The van der Waals surface area contributed by atoms with Gasteiger partial charge < -0.3 is 19.4 Å². The molecule has 2 aliphatic heterocycles. The average molecular weight is 577 g/mol. The van der Waals surface area contributed by atoms with E-state index in [2.05, 4.69) is 63.2 Å². The van der Waals surface area contributed by atoms with Crippen molar-refractivity contribution in [3.8, 4) is 0 Å². The van der Waals surface area contributed by atoms with Crippen LogP contribution in [0.25, 0.3) is 20.2 Å². The summed E-state index contributed by atoms with van der Waals surface area (Å²) in [6.07, 6.45) is 4.66. The lowest BCUT2D eigenvalue weighted by Gasteiger charge is -2.44. The number of piperazine rings is 2. The third-order valence-electron chi connectivity index (χ3n) is 8.93. The van der Waals surface area contributed by atoms with Crippen molar-refractivity contribution >= 4 is 61.0 Å². The van der Waals surface area contributed by atoms with E-state index >= 15 is 0 Å². The van der Waals surface area contributed by atoms with Gasteiger partial charge in [0.25, 0.3) is 0 Å². The van der Waals surface area contributed by atoms with E-state index < -0.39 is 0 Å². The van der Waals surface area contributed by atoms with E-state index in [1.807, 2.05) is 4.90 Å². The molecule has 0 bridgehead atoms. The molecule has 3 aliphatic rings. The first-order chi connectivity index (χ1) is 19.7. The summed E-state index contributed by atoms with van der Waals surface area (Å²) in [5.74, 6) is 2.59.